The zero-order valence-electron chi connectivity index (χ0n) is 15.3. The highest BCUT2D eigenvalue weighted by Gasteiger charge is 2.12. The maximum absolute atomic E-state index is 6.41. The van der Waals surface area contributed by atoms with E-state index in [0.717, 1.165) is 23.6 Å². The van der Waals surface area contributed by atoms with E-state index < -0.39 is 0 Å². The molecule has 2 aromatic carbocycles. The molecule has 25 heavy (non-hydrogen) atoms. The average molecular weight is 364 g/mol. The fourth-order valence-electron chi connectivity index (χ4n) is 2.41. The average Bonchev–Trinajstić information content (AvgIpc) is 2.59. The molecule has 0 saturated heterocycles. The Balaban J connectivity index is 2.03. The van der Waals surface area contributed by atoms with E-state index in [4.69, 9.17) is 25.8 Å². The molecule has 0 aliphatic carbocycles. The normalized spacial score (nSPS) is 10.8. The van der Waals surface area contributed by atoms with Crippen molar-refractivity contribution in [1.82, 2.24) is 5.32 Å². The van der Waals surface area contributed by atoms with Crippen LogP contribution in [-0.2, 0) is 13.1 Å². The smallest absolute Gasteiger partial charge is 0.163 e. The minimum Gasteiger partial charge on any atom is -0.497 e. The van der Waals surface area contributed by atoms with E-state index in [2.05, 4.69) is 5.32 Å². The van der Waals surface area contributed by atoms with Crippen LogP contribution >= 0.6 is 11.6 Å². The molecule has 0 bridgehead atoms. The third-order valence-corrected chi connectivity index (χ3v) is 3.93. The summed E-state index contributed by atoms with van der Waals surface area (Å²) in [6.45, 7) is 7.88. The van der Waals surface area contributed by atoms with Crippen molar-refractivity contribution in [2.75, 3.05) is 13.7 Å². The Morgan fingerprint density at radius 1 is 1.04 bits per heavy atom. The summed E-state index contributed by atoms with van der Waals surface area (Å²) < 4.78 is 16.7. The Hall–Kier alpha value is -1.91. The first kappa shape index (κ1) is 19.4. The highest BCUT2D eigenvalue weighted by molar-refractivity contribution is 6.31. The van der Waals surface area contributed by atoms with Crippen molar-refractivity contribution < 1.29 is 14.2 Å². The molecule has 0 unspecified atom stereocenters. The largest absolute Gasteiger partial charge is 0.497 e. The number of ether oxygens (including phenoxy) is 3. The van der Waals surface area contributed by atoms with Gasteiger partial charge in [0.05, 0.1) is 19.8 Å². The summed E-state index contributed by atoms with van der Waals surface area (Å²) >= 11 is 6.41. The van der Waals surface area contributed by atoms with Gasteiger partial charge in [0.1, 0.15) is 5.75 Å². The lowest BCUT2D eigenvalue weighted by Crippen LogP contribution is -2.14. The zero-order valence-corrected chi connectivity index (χ0v) is 16.0. The van der Waals surface area contributed by atoms with Gasteiger partial charge in [0.15, 0.2) is 11.5 Å². The molecule has 0 aromatic heterocycles. The predicted molar refractivity (Wildman–Crippen MR) is 102 cm³/mol. The van der Waals surface area contributed by atoms with Crippen LogP contribution in [0.4, 0.5) is 0 Å². The van der Waals surface area contributed by atoms with Crippen LogP contribution in [0.15, 0.2) is 36.4 Å². The number of benzene rings is 2. The first-order chi connectivity index (χ1) is 12.0. The van der Waals surface area contributed by atoms with Gasteiger partial charge in [0.2, 0.25) is 0 Å². The topological polar surface area (TPSA) is 39.7 Å². The van der Waals surface area contributed by atoms with E-state index in [0.29, 0.717) is 23.9 Å². The van der Waals surface area contributed by atoms with E-state index in [1.807, 2.05) is 57.2 Å². The second-order valence-corrected chi connectivity index (χ2v) is 6.35. The minimum absolute atomic E-state index is 0.0642. The summed E-state index contributed by atoms with van der Waals surface area (Å²) in [5, 5.41) is 4.07. The molecule has 2 aromatic rings. The van der Waals surface area contributed by atoms with E-state index in [9.17, 15) is 0 Å². The zero-order chi connectivity index (χ0) is 18.2. The van der Waals surface area contributed by atoms with Crippen molar-refractivity contribution in [2.24, 2.45) is 0 Å². The first-order valence-corrected chi connectivity index (χ1v) is 8.86. The van der Waals surface area contributed by atoms with Crippen LogP contribution in [0.25, 0.3) is 0 Å². The van der Waals surface area contributed by atoms with E-state index in [-0.39, 0.29) is 6.10 Å². The Morgan fingerprint density at radius 3 is 2.36 bits per heavy atom. The van der Waals surface area contributed by atoms with E-state index >= 15 is 0 Å². The Morgan fingerprint density at radius 2 is 1.76 bits per heavy atom. The van der Waals surface area contributed by atoms with Gasteiger partial charge in [-0.3, -0.25) is 0 Å². The van der Waals surface area contributed by atoms with Gasteiger partial charge in [-0.05, 0) is 50.1 Å². The number of methoxy groups -OCH3 is 1. The second kappa shape index (κ2) is 9.54. The van der Waals surface area contributed by atoms with E-state index in [1.54, 1.807) is 7.11 Å². The summed E-state index contributed by atoms with van der Waals surface area (Å²) in [5.74, 6) is 2.26. The lowest BCUT2D eigenvalue weighted by atomic mass is 10.1. The molecule has 0 heterocycles. The van der Waals surface area contributed by atoms with Gasteiger partial charge >= 0.3 is 0 Å². The quantitative estimate of drug-likeness (QED) is 0.693. The molecule has 5 heteroatoms. The molecular formula is C20H26ClNO3. The molecule has 0 aliphatic rings. The van der Waals surface area contributed by atoms with Gasteiger partial charge in [-0.15, -0.1) is 0 Å². The third-order valence-electron chi connectivity index (χ3n) is 3.58. The number of nitrogens with one attached hydrogen (secondary N) is 1. The van der Waals surface area contributed by atoms with Gasteiger partial charge in [-0.1, -0.05) is 23.7 Å². The van der Waals surface area contributed by atoms with Crippen molar-refractivity contribution in [3.05, 3.63) is 52.5 Å². The molecule has 0 fully saturated rings. The van der Waals surface area contributed by atoms with Crippen molar-refractivity contribution in [1.29, 1.82) is 0 Å². The van der Waals surface area contributed by atoms with Gasteiger partial charge in [0.25, 0.3) is 0 Å². The molecule has 0 radical (unpaired) electrons. The van der Waals surface area contributed by atoms with Gasteiger partial charge in [-0.25, -0.2) is 0 Å². The second-order valence-electron chi connectivity index (χ2n) is 5.94. The molecule has 0 spiro atoms. The minimum atomic E-state index is 0.0642. The van der Waals surface area contributed by atoms with Crippen LogP contribution in [0.5, 0.6) is 17.2 Å². The van der Waals surface area contributed by atoms with Crippen LogP contribution in [0.1, 0.15) is 31.9 Å². The number of hydrogen-bond acceptors (Lipinski definition) is 4. The predicted octanol–water partition coefficient (Wildman–Crippen LogP) is 4.82. The van der Waals surface area contributed by atoms with E-state index in [1.165, 1.54) is 5.56 Å². The summed E-state index contributed by atoms with van der Waals surface area (Å²) in [6.07, 6.45) is 0.0642. The summed E-state index contributed by atoms with van der Waals surface area (Å²) in [5.41, 5.74) is 2.16. The SMILES string of the molecule is CCOc1cc(CNCc2ccc(OC)cc2)c(Cl)cc1OC(C)C. The molecule has 0 saturated carbocycles. The Kier molecular flexibility index (Phi) is 7.41. The molecule has 0 aliphatic heterocycles. The van der Waals surface area contributed by atoms with Crippen molar-refractivity contribution >= 4 is 11.6 Å². The van der Waals surface area contributed by atoms with Gasteiger partial charge < -0.3 is 19.5 Å². The number of rotatable bonds is 9. The lowest BCUT2D eigenvalue weighted by Gasteiger charge is -2.17. The summed E-state index contributed by atoms with van der Waals surface area (Å²) in [6, 6.07) is 11.8. The van der Waals surface area contributed by atoms with Crippen molar-refractivity contribution in [3.63, 3.8) is 0 Å². The standard InChI is InChI=1S/C20H26ClNO3/c1-5-24-19-10-16(18(21)11-20(19)25-14(2)3)13-22-12-15-6-8-17(23-4)9-7-15/h6-11,14,22H,5,12-13H2,1-4H3. The molecule has 136 valence electrons. The fraction of sp³-hybridized carbons (Fsp3) is 0.400. The molecule has 0 atom stereocenters. The van der Waals surface area contributed by atoms with Crippen molar-refractivity contribution in [3.8, 4) is 17.2 Å². The maximum Gasteiger partial charge on any atom is 0.163 e. The Bertz CT molecular complexity index is 671. The number of halogens is 1. The van der Waals surface area contributed by atoms with Crippen molar-refractivity contribution in [2.45, 2.75) is 40.0 Å². The van der Waals surface area contributed by atoms with Gasteiger partial charge in [-0.2, -0.15) is 0 Å². The summed E-state index contributed by atoms with van der Waals surface area (Å²) in [4.78, 5) is 0. The lowest BCUT2D eigenvalue weighted by molar-refractivity contribution is 0.223. The first-order valence-electron chi connectivity index (χ1n) is 8.49. The highest BCUT2D eigenvalue weighted by Crippen LogP contribution is 2.34. The van der Waals surface area contributed by atoms with Crippen LogP contribution in [0.3, 0.4) is 0 Å². The number of hydrogen-bond donors (Lipinski definition) is 1. The monoisotopic (exact) mass is 363 g/mol. The van der Waals surface area contributed by atoms with Crippen LogP contribution in [-0.4, -0.2) is 19.8 Å². The third kappa shape index (κ3) is 5.83. The molecule has 0 amide bonds. The summed E-state index contributed by atoms with van der Waals surface area (Å²) in [7, 11) is 1.66. The van der Waals surface area contributed by atoms with Gasteiger partial charge in [0, 0.05) is 24.2 Å². The molecule has 2 rings (SSSR count). The molecule has 4 nitrogen and oxygen atoms in total. The van der Waals surface area contributed by atoms with Crippen LogP contribution in [0, 0.1) is 0 Å². The van der Waals surface area contributed by atoms with Crippen LogP contribution in [0.2, 0.25) is 5.02 Å². The molecule has 1 N–H and O–H groups in total. The highest BCUT2D eigenvalue weighted by atomic mass is 35.5. The Labute approximate surface area is 155 Å². The van der Waals surface area contributed by atoms with Crippen LogP contribution < -0.4 is 19.5 Å². The molecular weight excluding hydrogens is 338 g/mol. The maximum atomic E-state index is 6.41. The fourth-order valence-corrected chi connectivity index (χ4v) is 2.63.